The smallest absolute Gasteiger partial charge is 0.127 e. The van der Waals surface area contributed by atoms with Gasteiger partial charge in [0.25, 0.3) is 0 Å². The number of allylic oxidation sites excluding steroid dienone is 4. The summed E-state index contributed by atoms with van der Waals surface area (Å²) in [4.78, 5) is 0. The van der Waals surface area contributed by atoms with Gasteiger partial charge in [0, 0.05) is 16.5 Å². The van der Waals surface area contributed by atoms with E-state index >= 15 is 0 Å². The fourth-order valence-electron chi connectivity index (χ4n) is 9.35. The molecule has 0 saturated heterocycles. The molecule has 1 nitrogen and oxygen atoms in total. The van der Waals surface area contributed by atoms with Crippen molar-refractivity contribution in [3.8, 4) is 0 Å². The number of benzene rings is 1. The molecule has 36 heavy (non-hydrogen) atoms. The number of hydrogen-bond donors (Lipinski definition) is 0. The van der Waals surface area contributed by atoms with Gasteiger partial charge in [-0.15, -0.1) is 0 Å². The average molecular weight is 506 g/mol. The molecule has 0 spiro atoms. The van der Waals surface area contributed by atoms with Crippen LogP contribution in [-0.4, -0.2) is 23.9 Å². The van der Waals surface area contributed by atoms with Gasteiger partial charge in [-0.05, 0) is 104 Å². The lowest BCUT2D eigenvalue weighted by atomic mass is 9.74. The predicted molar refractivity (Wildman–Crippen MR) is 162 cm³/mol. The van der Waals surface area contributed by atoms with Crippen molar-refractivity contribution < 1.29 is 0 Å². The van der Waals surface area contributed by atoms with Gasteiger partial charge < -0.3 is 4.57 Å². The summed E-state index contributed by atoms with van der Waals surface area (Å²) in [6.07, 6.45) is 5.52. The Labute approximate surface area is 224 Å². The van der Waals surface area contributed by atoms with Gasteiger partial charge in [-0.3, -0.25) is 0 Å². The van der Waals surface area contributed by atoms with Gasteiger partial charge in [0.15, 0.2) is 0 Å². The Balaban J connectivity index is 1.87. The number of nitrogens with zero attached hydrogens (tertiary/aromatic N) is 1. The molecule has 0 aliphatic heterocycles. The lowest BCUT2D eigenvalue weighted by Crippen LogP contribution is -2.67. The van der Waals surface area contributed by atoms with Gasteiger partial charge >= 0.3 is 0 Å². The zero-order valence-corrected chi connectivity index (χ0v) is 27.2. The van der Waals surface area contributed by atoms with Crippen LogP contribution < -0.4 is 0 Å². The molecule has 1 fully saturated rings. The molecular weight excluding hydrogens is 450 g/mol. The highest BCUT2D eigenvalue weighted by molar-refractivity contribution is 6.76. The Hall–Kier alpha value is -1.12. The summed E-state index contributed by atoms with van der Waals surface area (Å²) in [5, 5.41) is 0. The van der Waals surface area contributed by atoms with Crippen LogP contribution in [0, 0.1) is 23.7 Å². The van der Waals surface area contributed by atoms with Crippen LogP contribution in [0.2, 0.25) is 18.6 Å². The van der Waals surface area contributed by atoms with E-state index in [1.165, 1.54) is 16.7 Å². The van der Waals surface area contributed by atoms with E-state index in [2.05, 4.69) is 138 Å². The lowest BCUT2D eigenvalue weighted by Gasteiger charge is -2.57. The van der Waals surface area contributed by atoms with Gasteiger partial charge in [-0.1, -0.05) is 91.9 Å². The molecule has 1 aromatic carbocycles. The topological polar surface area (TPSA) is 3.24 Å². The molecule has 0 aromatic heterocycles. The molecule has 0 amide bonds. The summed E-state index contributed by atoms with van der Waals surface area (Å²) in [6, 6.07) is 7.36. The number of hydrogen-bond acceptors (Lipinski definition) is 1. The monoisotopic (exact) mass is 505 g/mol. The van der Waals surface area contributed by atoms with Crippen molar-refractivity contribution in [1.82, 2.24) is 4.57 Å². The number of rotatable bonds is 2. The van der Waals surface area contributed by atoms with Crippen LogP contribution in [0.5, 0.6) is 0 Å². The normalized spacial score (nSPS) is 30.1. The first-order chi connectivity index (χ1) is 16.1. The van der Waals surface area contributed by atoms with Gasteiger partial charge in [-0.2, -0.15) is 0 Å². The molecule has 3 aliphatic rings. The molecule has 0 radical (unpaired) electrons. The summed E-state index contributed by atoms with van der Waals surface area (Å²) in [7, 11) is -1.83. The Bertz CT molecular complexity index is 1080. The van der Waals surface area contributed by atoms with E-state index in [1.54, 1.807) is 11.1 Å². The fraction of sp³-hybridized carbons (Fsp3) is 0.706. The largest absolute Gasteiger partial charge is 0.314 e. The standard InChI is InChI=1S/C34H55NSi/c1-21-22(2)30(36(14,15)35(32(6,7)8)33(9,10)11)27-19-26-24-17-16-23(31(3,4)5)18-28(24)34(12,13)29(26)20-25(21)27/h16-22,25,27,30H,1-15H3. The highest BCUT2D eigenvalue weighted by Crippen LogP contribution is 2.63. The molecule has 4 rings (SSSR count). The van der Waals surface area contributed by atoms with Crippen LogP contribution in [-0.2, 0) is 10.8 Å². The predicted octanol–water partition coefficient (Wildman–Crippen LogP) is 9.59. The second-order valence-electron chi connectivity index (χ2n) is 16.5. The molecule has 2 heteroatoms. The van der Waals surface area contributed by atoms with Crippen molar-refractivity contribution in [3.05, 3.63) is 52.6 Å². The molecule has 1 aromatic rings. The summed E-state index contributed by atoms with van der Waals surface area (Å²) in [5.41, 5.74) is 8.91. The zero-order valence-electron chi connectivity index (χ0n) is 26.2. The van der Waals surface area contributed by atoms with Crippen LogP contribution in [0.25, 0.3) is 5.57 Å². The zero-order chi connectivity index (χ0) is 27.4. The quantitative estimate of drug-likeness (QED) is 0.362. The maximum absolute atomic E-state index is 2.96. The van der Waals surface area contributed by atoms with Crippen molar-refractivity contribution in [2.45, 2.75) is 131 Å². The van der Waals surface area contributed by atoms with Crippen molar-refractivity contribution in [2.75, 3.05) is 0 Å². The molecule has 5 atom stereocenters. The van der Waals surface area contributed by atoms with Crippen LogP contribution in [0.3, 0.4) is 0 Å². The minimum atomic E-state index is -1.83. The van der Waals surface area contributed by atoms with Crippen LogP contribution >= 0.6 is 0 Å². The van der Waals surface area contributed by atoms with E-state index in [0.29, 0.717) is 17.8 Å². The van der Waals surface area contributed by atoms with E-state index in [1.807, 2.05) is 0 Å². The molecular formula is C34H55NSi. The Morgan fingerprint density at radius 3 is 1.83 bits per heavy atom. The van der Waals surface area contributed by atoms with Crippen molar-refractivity contribution >= 4 is 13.8 Å². The van der Waals surface area contributed by atoms with Gasteiger partial charge in [0.2, 0.25) is 0 Å². The maximum Gasteiger partial charge on any atom is 0.127 e. The second-order valence-corrected chi connectivity index (χ2v) is 20.9. The third-order valence-corrected chi connectivity index (χ3v) is 15.2. The van der Waals surface area contributed by atoms with Crippen LogP contribution in [0.4, 0.5) is 0 Å². The van der Waals surface area contributed by atoms with Gasteiger partial charge in [-0.25, -0.2) is 0 Å². The highest BCUT2D eigenvalue weighted by atomic mass is 28.3. The Morgan fingerprint density at radius 1 is 0.778 bits per heavy atom. The Morgan fingerprint density at radius 2 is 1.33 bits per heavy atom. The minimum absolute atomic E-state index is 0.0737. The highest BCUT2D eigenvalue weighted by Gasteiger charge is 2.58. The molecule has 3 aliphatic carbocycles. The lowest BCUT2D eigenvalue weighted by molar-refractivity contribution is 0.121. The van der Waals surface area contributed by atoms with E-state index in [-0.39, 0.29) is 21.9 Å². The van der Waals surface area contributed by atoms with Gasteiger partial charge in [0.05, 0.1) is 0 Å². The van der Waals surface area contributed by atoms with Crippen LogP contribution in [0.15, 0.2) is 35.9 Å². The van der Waals surface area contributed by atoms with Crippen LogP contribution in [0.1, 0.15) is 107 Å². The van der Waals surface area contributed by atoms with Crippen molar-refractivity contribution in [2.24, 2.45) is 23.7 Å². The molecule has 0 bridgehead atoms. The van der Waals surface area contributed by atoms with E-state index in [0.717, 1.165) is 11.5 Å². The van der Waals surface area contributed by atoms with Crippen molar-refractivity contribution in [3.63, 3.8) is 0 Å². The van der Waals surface area contributed by atoms with E-state index < -0.39 is 8.24 Å². The first kappa shape index (κ1) is 27.9. The third kappa shape index (κ3) is 4.14. The summed E-state index contributed by atoms with van der Waals surface area (Å²) < 4.78 is 2.96. The number of fused-ring (bicyclic) bond motifs is 4. The maximum atomic E-state index is 2.96. The first-order valence-corrected chi connectivity index (χ1v) is 17.5. The average Bonchev–Trinajstić information content (AvgIpc) is 3.05. The van der Waals surface area contributed by atoms with Crippen molar-refractivity contribution in [1.29, 1.82) is 0 Å². The first-order valence-electron chi connectivity index (χ1n) is 14.5. The molecule has 0 N–H and O–H groups in total. The summed E-state index contributed by atoms with van der Waals surface area (Å²) in [5.74, 6) is 2.72. The van der Waals surface area contributed by atoms with E-state index in [9.17, 15) is 0 Å². The van der Waals surface area contributed by atoms with Gasteiger partial charge in [0.1, 0.15) is 8.24 Å². The molecule has 1 saturated carbocycles. The summed E-state index contributed by atoms with van der Waals surface area (Å²) >= 11 is 0. The molecule has 0 heterocycles. The molecule has 5 unspecified atom stereocenters. The van der Waals surface area contributed by atoms with E-state index in [4.69, 9.17) is 0 Å². The fourth-order valence-corrected chi connectivity index (χ4v) is 16.0. The Kier molecular flexibility index (Phi) is 6.34. The minimum Gasteiger partial charge on any atom is -0.314 e. The second kappa shape index (κ2) is 8.19. The summed E-state index contributed by atoms with van der Waals surface area (Å²) in [6.45, 7) is 37.1. The molecule has 200 valence electrons. The SMILES string of the molecule is CC1C(C)C([Si](C)(C)N(C(C)(C)C)C(C)(C)C)C2C=C3C(=CC12)C(C)(C)c1cc(C(C)(C)C)ccc13. The third-order valence-electron chi connectivity index (χ3n) is 10.1.